The van der Waals surface area contributed by atoms with Gasteiger partial charge in [0.2, 0.25) is 5.88 Å². The van der Waals surface area contributed by atoms with Crippen LogP contribution in [-0.2, 0) is 0 Å². The van der Waals surface area contributed by atoms with Gasteiger partial charge in [-0.3, -0.25) is 0 Å². The van der Waals surface area contributed by atoms with Crippen molar-refractivity contribution in [1.29, 1.82) is 0 Å². The molecule has 0 spiro atoms. The molecular weight excluding hydrogens is 212 g/mol. The van der Waals surface area contributed by atoms with Crippen LogP contribution in [0.3, 0.4) is 0 Å². The molecule has 0 aromatic carbocycles. The molecule has 17 heavy (non-hydrogen) atoms. The van der Waals surface area contributed by atoms with Crippen LogP contribution in [0.1, 0.15) is 44.7 Å². The lowest BCUT2D eigenvalue weighted by Crippen LogP contribution is -2.21. The normalized spacial score (nSPS) is 24.1. The Morgan fingerprint density at radius 3 is 3.00 bits per heavy atom. The molecule has 3 heteroatoms. The van der Waals surface area contributed by atoms with E-state index in [-0.39, 0.29) is 0 Å². The average molecular weight is 234 g/mol. The van der Waals surface area contributed by atoms with Gasteiger partial charge < -0.3 is 10.1 Å². The highest BCUT2D eigenvalue weighted by atomic mass is 16.5. The summed E-state index contributed by atoms with van der Waals surface area (Å²) >= 11 is 0. The predicted octanol–water partition coefficient (Wildman–Crippen LogP) is 2.93. The van der Waals surface area contributed by atoms with Gasteiger partial charge in [-0.25, -0.2) is 4.98 Å². The number of hydrogen-bond donors (Lipinski definition) is 1. The van der Waals surface area contributed by atoms with Crippen LogP contribution >= 0.6 is 0 Å². The molecule has 0 saturated carbocycles. The van der Waals surface area contributed by atoms with Crippen LogP contribution in [0.15, 0.2) is 18.3 Å². The first kappa shape index (κ1) is 12.4. The minimum atomic E-state index is 0.375. The lowest BCUT2D eigenvalue weighted by molar-refractivity contribution is 0.319. The molecule has 1 N–H and O–H groups in total. The lowest BCUT2D eigenvalue weighted by atomic mass is 9.84. The lowest BCUT2D eigenvalue weighted by Gasteiger charge is -2.21. The van der Waals surface area contributed by atoms with Crippen molar-refractivity contribution in [3.05, 3.63) is 23.9 Å². The van der Waals surface area contributed by atoms with E-state index in [4.69, 9.17) is 4.74 Å². The van der Waals surface area contributed by atoms with Gasteiger partial charge in [0, 0.05) is 17.8 Å². The Morgan fingerprint density at radius 2 is 2.24 bits per heavy atom. The van der Waals surface area contributed by atoms with Gasteiger partial charge in [-0.1, -0.05) is 19.9 Å². The smallest absolute Gasteiger partial charge is 0.217 e. The van der Waals surface area contributed by atoms with Crippen LogP contribution in [0.25, 0.3) is 0 Å². The first-order valence-corrected chi connectivity index (χ1v) is 6.35. The van der Waals surface area contributed by atoms with Crippen molar-refractivity contribution in [2.24, 2.45) is 5.41 Å². The topological polar surface area (TPSA) is 34.1 Å². The molecule has 1 aromatic heterocycles. The fourth-order valence-electron chi connectivity index (χ4n) is 2.45. The molecule has 0 aliphatic carbocycles. The summed E-state index contributed by atoms with van der Waals surface area (Å²) in [6, 6.07) is 4.47. The molecule has 1 aliphatic heterocycles. The molecule has 1 saturated heterocycles. The highest BCUT2D eigenvalue weighted by molar-refractivity contribution is 5.29. The predicted molar refractivity (Wildman–Crippen MR) is 69.2 cm³/mol. The maximum absolute atomic E-state index is 5.34. The Bertz CT molecular complexity index is 376. The van der Waals surface area contributed by atoms with Crippen LogP contribution in [0.5, 0.6) is 5.88 Å². The summed E-state index contributed by atoms with van der Waals surface area (Å²) in [4.78, 5) is 4.28. The number of hydrogen-bond acceptors (Lipinski definition) is 3. The summed E-state index contributed by atoms with van der Waals surface area (Å²) < 4.78 is 5.34. The quantitative estimate of drug-likeness (QED) is 0.854. The number of rotatable bonds is 2. The van der Waals surface area contributed by atoms with Crippen LogP contribution in [0, 0.1) is 5.41 Å². The van der Waals surface area contributed by atoms with Gasteiger partial charge in [-0.2, -0.15) is 0 Å². The number of nitrogens with zero attached hydrogens (tertiary/aromatic N) is 1. The zero-order valence-corrected chi connectivity index (χ0v) is 11.0. The van der Waals surface area contributed by atoms with Crippen LogP contribution in [-0.4, -0.2) is 18.6 Å². The van der Waals surface area contributed by atoms with Crippen molar-refractivity contribution in [2.45, 2.75) is 39.2 Å². The number of ether oxygens (including phenoxy) is 1. The summed E-state index contributed by atoms with van der Waals surface area (Å²) in [5.74, 6) is 0.754. The van der Waals surface area contributed by atoms with E-state index in [1.807, 2.05) is 6.07 Å². The van der Waals surface area contributed by atoms with E-state index in [1.54, 1.807) is 13.3 Å². The van der Waals surface area contributed by atoms with Crippen LogP contribution < -0.4 is 10.1 Å². The van der Waals surface area contributed by atoms with Crippen molar-refractivity contribution in [3.63, 3.8) is 0 Å². The van der Waals surface area contributed by atoms with Crippen molar-refractivity contribution in [1.82, 2.24) is 10.3 Å². The van der Waals surface area contributed by atoms with Gasteiger partial charge in [0.15, 0.2) is 0 Å². The monoisotopic (exact) mass is 234 g/mol. The first-order valence-electron chi connectivity index (χ1n) is 6.35. The standard InChI is InChI=1S/C14H22N2O/c1-14(2)7-6-12(15-10-8-14)11-5-4-9-16-13(11)17-3/h4-5,9,12,15H,6-8,10H2,1-3H3. The summed E-state index contributed by atoms with van der Waals surface area (Å²) in [6.45, 7) is 5.75. The fraction of sp³-hybridized carbons (Fsp3) is 0.643. The Balaban J connectivity index is 2.17. The molecule has 2 rings (SSSR count). The number of nitrogens with one attached hydrogen (secondary N) is 1. The first-order chi connectivity index (χ1) is 8.12. The van der Waals surface area contributed by atoms with Gasteiger partial charge in [0.1, 0.15) is 0 Å². The third kappa shape index (κ3) is 2.97. The van der Waals surface area contributed by atoms with E-state index >= 15 is 0 Å². The van der Waals surface area contributed by atoms with Crippen molar-refractivity contribution >= 4 is 0 Å². The zero-order valence-electron chi connectivity index (χ0n) is 11.0. The van der Waals surface area contributed by atoms with E-state index < -0.39 is 0 Å². The molecular formula is C14H22N2O. The Morgan fingerprint density at radius 1 is 1.41 bits per heavy atom. The van der Waals surface area contributed by atoms with E-state index in [0.717, 1.165) is 18.8 Å². The van der Waals surface area contributed by atoms with E-state index in [1.165, 1.54) is 18.4 Å². The zero-order chi connectivity index (χ0) is 12.3. The van der Waals surface area contributed by atoms with Gasteiger partial charge >= 0.3 is 0 Å². The van der Waals surface area contributed by atoms with Gasteiger partial charge in [-0.15, -0.1) is 0 Å². The van der Waals surface area contributed by atoms with E-state index in [0.29, 0.717) is 11.5 Å². The number of aromatic nitrogens is 1. The van der Waals surface area contributed by atoms with E-state index in [9.17, 15) is 0 Å². The Labute approximate surface area is 104 Å². The highest BCUT2D eigenvalue weighted by Gasteiger charge is 2.26. The van der Waals surface area contributed by atoms with Crippen LogP contribution in [0.2, 0.25) is 0 Å². The largest absolute Gasteiger partial charge is 0.481 e. The fourth-order valence-corrected chi connectivity index (χ4v) is 2.45. The number of methoxy groups -OCH3 is 1. The summed E-state index contributed by atoms with van der Waals surface area (Å²) in [5, 5.41) is 3.61. The molecule has 1 atom stereocenters. The van der Waals surface area contributed by atoms with Gasteiger partial charge in [0.25, 0.3) is 0 Å². The molecule has 0 amide bonds. The SMILES string of the molecule is COc1ncccc1C1CCC(C)(C)CCN1. The Kier molecular flexibility index (Phi) is 3.67. The maximum atomic E-state index is 5.34. The third-order valence-electron chi connectivity index (χ3n) is 3.67. The minimum absolute atomic E-state index is 0.375. The molecule has 94 valence electrons. The van der Waals surface area contributed by atoms with Gasteiger partial charge in [-0.05, 0) is 37.3 Å². The average Bonchev–Trinajstić information content (AvgIpc) is 2.50. The van der Waals surface area contributed by atoms with Crippen molar-refractivity contribution in [2.75, 3.05) is 13.7 Å². The molecule has 2 heterocycles. The second-order valence-electron chi connectivity index (χ2n) is 5.56. The highest BCUT2D eigenvalue weighted by Crippen LogP contribution is 2.35. The minimum Gasteiger partial charge on any atom is -0.481 e. The van der Waals surface area contributed by atoms with Crippen molar-refractivity contribution in [3.8, 4) is 5.88 Å². The van der Waals surface area contributed by atoms with Crippen molar-refractivity contribution < 1.29 is 4.74 Å². The Hall–Kier alpha value is -1.09. The second kappa shape index (κ2) is 5.05. The summed E-state index contributed by atoms with van der Waals surface area (Å²) in [6.07, 6.45) is 5.40. The van der Waals surface area contributed by atoms with E-state index in [2.05, 4.69) is 30.2 Å². The molecule has 1 aromatic rings. The number of pyridine rings is 1. The summed E-state index contributed by atoms with van der Waals surface area (Å²) in [5.41, 5.74) is 1.63. The third-order valence-corrected chi connectivity index (χ3v) is 3.67. The molecule has 0 radical (unpaired) electrons. The van der Waals surface area contributed by atoms with Gasteiger partial charge in [0.05, 0.1) is 7.11 Å². The maximum Gasteiger partial charge on any atom is 0.217 e. The van der Waals surface area contributed by atoms with Crippen LogP contribution in [0.4, 0.5) is 0 Å². The second-order valence-corrected chi connectivity index (χ2v) is 5.56. The molecule has 1 fully saturated rings. The molecule has 1 unspecified atom stereocenters. The molecule has 3 nitrogen and oxygen atoms in total. The molecule has 1 aliphatic rings. The summed E-state index contributed by atoms with van der Waals surface area (Å²) in [7, 11) is 1.69. The molecule has 0 bridgehead atoms.